The molecule has 1 aliphatic heterocycles. The van der Waals surface area contributed by atoms with Crippen LogP contribution in [-0.2, 0) is 19.8 Å². The zero-order chi connectivity index (χ0) is 18.9. The number of primary amides is 1. The van der Waals surface area contributed by atoms with Gasteiger partial charge in [-0.3, -0.25) is 14.4 Å². The molecule has 136 valence electrons. The molecular weight excluding hydrogens is 348 g/mol. The zero-order valence-electron chi connectivity index (χ0n) is 14.3. The second-order valence-electron chi connectivity index (χ2n) is 6.98. The van der Waals surface area contributed by atoms with Crippen molar-refractivity contribution in [1.82, 2.24) is 9.88 Å². The van der Waals surface area contributed by atoms with Gasteiger partial charge >= 0.3 is 0 Å². The fraction of sp³-hybridized carbons (Fsp3) is 0.263. The smallest absolute Gasteiger partial charge is 0.292 e. The molecule has 0 radical (unpaired) electrons. The minimum Gasteiger partial charge on any atom is -0.423 e. The number of anilines is 1. The minimum atomic E-state index is -1.42. The molecule has 1 aromatic carbocycles. The predicted octanol–water partition coefficient (Wildman–Crippen LogP) is 0.858. The molecule has 1 atom stereocenters. The Balaban J connectivity index is 1.88. The molecule has 27 heavy (non-hydrogen) atoms. The van der Waals surface area contributed by atoms with E-state index in [1.807, 2.05) is 12.1 Å². The third-order valence-corrected chi connectivity index (χ3v) is 5.54. The number of nitrogens with two attached hydrogens (primary N) is 2. The third-order valence-electron chi connectivity index (χ3n) is 5.54. The molecule has 1 spiro atoms. The van der Waals surface area contributed by atoms with Gasteiger partial charge in [0.1, 0.15) is 12.2 Å². The number of amides is 2. The first-order chi connectivity index (χ1) is 13.0. The highest BCUT2D eigenvalue weighted by Crippen LogP contribution is 2.59. The third kappa shape index (κ3) is 1.77. The lowest BCUT2D eigenvalue weighted by Crippen LogP contribution is -2.44. The van der Waals surface area contributed by atoms with Crippen LogP contribution in [0.3, 0.4) is 0 Å². The van der Waals surface area contributed by atoms with E-state index < -0.39 is 17.2 Å². The number of fused-ring (bicyclic) bond motifs is 6. The number of allylic oxidation sites excluding steroid dienone is 1. The number of Topliss-reactive ketones (excluding diaryl/α,β-unsaturated/α-hetero) is 1. The van der Waals surface area contributed by atoms with Gasteiger partial charge in [0.05, 0.1) is 0 Å². The van der Waals surface area contributed by atoms with Crippen LogP contribution in [0.5, 0.6) is 0 Å². The summed E-state index contributed by atoms with van der Waals surface area (Å²) in [7, 11) is 0. The summed E-state index contributed by atoms with van der Waals surface area (Å²) >= 11 is 0. The van der Waals surface area contributed by atoms with E-state index in [1.54, 1.807) is 12.1 Å². The normalized spacial score (nSPS) is 23.0. The van der Waals surface area contributed by atoms with Crippen molar-refractivity contribution in [2.75, 3.05) is 12.3 Å². The van der Waals surface area contributed by atoms with Crippen molar-refractivity contribution in [3.63, 3.8) is 0 Å². The first-order valence-electron chi connectivity index (χ1n) is 8.70. The van der Waals surface area contributed by atoms with Gasteiger partial charge < -0.3 is 20.8 Å². The van der Waals surface area contributed by atoms with Crippen LogP contribution in [-0.4, -0.2) is 34.0 Å². The molecule has 1 aromatic heterocycles. The summed E-state index contributed by atoms with van der Waals surface area (Å²) in [5.74, 6) is -0.777. The first kappa shape index (κ1) is 15.8. The summed E-state index contributed by atoms with van der Waals surface area (Å²) in [5.41, 5.74) is 12.3. The predicted molar refractivity (Wildman–Crippen MR) is 93.9 cm³/mol. The molecule has 0 saturated heterocycles. The molecule has 8 nitrogen and oxygen atoms in total. The molecule has 2 heterocycles. The molecule has 4 N–H and O–H groups in total. The number of hydrogen-bond acceptors (Lipinski definition) is 6. The largest absolute Gasteiger partial charge is 0.423 e. The van der Waals surface area contributed by atoms with Crippen LogP contribution in [0.2, 0.25) is 0 Å². The van der Waals surface area contributed by atoms with Gasteiger partial charge in [-0.15, -0.1) is 0 Å². The standard InChI is InChI=1S/C19H16N4O4/c20-13(25)8-23-11-6-3-7-12(24)14(11)19(17(23)26)10-5-2-1-4-9(10)15-16(19)22-18(21)27-15/h1-2,4-5H,3,6-8H2,(H2,20,25)(H2,21,22)/t19-/m1/s1. The van der Waals surface area contributed by atoms with Crippen LogP contribution in [0, 0.1) is 0 Å². The lowest BCUT2D eigenvalue weighted by molar-refractivity contribution is -0.134. The van der Waals surface area contributed by atoms with E-state index in [9.17, 15) is 14.4 Å². The summed E-state index contributed by atoms with van der Waals surface area (Å²) < 4.78 is 5.59. The molecule has 0 fully saturated rings. The maximum Gasteiger partial charge on any atom is 0.292 e. The summed E-state index contributed by atoms with van der Waals surface area (Å²) in [5, 5.41) is 0. The van der Waals surface area contributed by atoms with Crippen LogP contribution in [0.1, 0.15) is 30.5 Å². The lowest BCUT2D eigenvalue weighted by atomic mass is 9.71. The van der Waals surface area contributed by atoms with E-state index in [1.165, 1.54) is 4.90 Å². The second-order valence-corrected chi connectivity index (χ2v) is 6.98. The average Bonchev–Trinajstić information content (AvgIpc) is 3.21. The Morgan fingerprint density at radius 2 is 2.04 bits per heavy atom. The zero-order valence-corrected chi connectivity index (χ0v) is 14.3. The van der Waals surface area contributed by atoms with E-state index in [0.717, 1.165) is 0 Å². The Morgan fingerprint density at radius 3 is 2.81 bits per heavy atom. The molecule has 2 aromatic rings. The molecule has 2 aliphatic carbocycles. The summed E-state index contributed by atoms with van der Waals surface area (Å²) in [6.45, 7) is -0.280. The number of nitrogen functional groups attached to an aromatic ring is 1. The molecular formula is C19H16N4O4. The summed E-state index contributed by atoms with van der Waals surface area (Å²) in [6.07, 6.45) is 1.47. The maximum atomic E-state index is 13.7. The number of aromatic nitrogens is 1. The van der Waals surface area contributed by atoms with Crippen LogP contribution < -0.4 is 11.5 Å². The van der Waals surface area contributed by atoms with Gasteiger partial charge in [-0.1, -0.05) is 24.3 Å². The van der Waals surface area contributed by atoms with Crippen molar-refractivity contribution in [3.05, 3.63) is 46.8 Å². The number of oxazole rings is 1. The van der Waals surface area contributed by atoms with Crippen LogP contribution in [0.4, 0.5) is 6.01 Å². The lowest BCUT2D eigenvalue weighted by Gasteiger charge is -2.26. The van der Waals surface area contributed by atoms with E-state index in [4.69, 9.17) is 15.9 Å². The number of carbonyl (C=O) groups is 3. The number of benzene rings is 1. The maximum absolute atomic E-state index is 13.7. The number of hydrogen-bond donors (Lipinski definition) is 2. The van der Waals surface area contributed by atoms with Crippen molar-refractivity contribution < 1.29 is 18.8 Å². The van der Waals surface area contributed by atoms with Gasteiger partial charge in [-0.25, -0.2) is 0 Å². The Hall–Kier alpha value is -3.42. The molecule has 8 heteroatoms. The van der Waals surface area contributed by atoms with Gasteiger partial charge in [0.25, 0.3) is 6.01 Å². The molecule has 5 rings (SSSR count). The number of carbonyl (C=O) groups excluding carboxylic acids is 3. The topological polar surface area (TPSA) is 133 Å². The Morgan fingerprint density at radius 1 is 1.26 bits per heavy atom. The van der Waals surface area contributed by atoms with E-state index in [-0.39, 0.29) is 18.3 Å². The quantitative estimate of drug-likeness (QED) is 0.812. The Bertz CT molecular complexity index is 1080. The van der Waals surface area contributed by atoms with Gasteiger partial charge in [-0.05, 0) is 18.4 Å². The first-order valence-corrected chi connectivity index (χ1v) is 8.70. The molecule has 0 unspecified atom stereocenters. The van der Waals surface area contributed by atoms with E-state index >= 15 is 0 Å². The van der Waals surface area contributed by atoms with Gasteiger partial charge in [0.15, 0.2) is 17.0 Å². The number of rotatable bonds is 2. The average molecular weight is 364 g/mol. The van der Waals surface area contributed by atoms with E-state index in [2.05, 4.69) is 4.98 Å². The van der Waals surface area contributed by atoms with E-state index in [0.29, 0.717) is 53.1 Å². The fourth-order valence-corrected chi connectivity index (χ4v) is 4.66. The van der Waals surface area contributed by atoms with Crippen LogP contribution >= 0.6 is 0 Å². The van der Waals surface area contributed by atoms with Crippen molar-refractivity contribution in [3.8, 4) is 11.3 Å². The molecule has 3 aliphatic rings. The highest BCUT2D eigenvalue weighted by Gasteiger charge is 2.63. The molecule has 0 saturated carbocycles. The van der Waals surface area contributed by atoms with Crippen molar-refractivity contribution in [1.29, 1.82) is 0 Å². The van der Waals surface area contributed by atoms with Crippen molar-refractivity contribution in [2.24, 2.45) is 5.73 Å². The minimum absolute atomic E-state index is 0.0690. The second kappa shape index (κ2) is 5.06. The summed E-state index contributed by atoms with van der Waals surface area (Å²) in [6, 6.07) is 7.15. The summed E-state index contributed by atoms with van der Waals surface area (Å²) in [4.78, 5) is 44.0. The highest BCUT2D eigenvalue weighted by atomic mass is 16.4. The molecule has 0 bridgehead atoms. The monoisotopic (exact) mass is 364 g/mol. The SMILES string of the molecule is NC(=O)CN1C(=O)[C@@]2(C3=C1CCCC3=O)c1ccccc1-c1oc(N)nc12. The van der Waals surface area contributed by atoms with Crippen molar-refractivity contribution in [2.45, 2.75) is 24.7 Å². The number of nitrogens with zero attached hydrogens (tertiary/aromatic N) is 2. The Labute approximate surface area is 153 Å². The highest BCUT2D eigenvalue weighted by molar-refractivity contribution is 6.17. The number of ketones is 1. The van der Waals surface area contributed by atoms with Crippen molar-refractivity contribution >= 4 is 23.6 Å². The fourth-order valence-electron chi connectivity index (χ4n) is 4.66. The Kier molecular flexibility index (Phi) is 2.96. The van der Waals surface area contributed by atoms with Crippen LogP contribution in [0.25, 0.3) is 11.3 Å². The van der Waals surface area contributed by atoms with Gasteiger partial charge in [0.2, 0.25) is 11.8 Å². The van der Waals surface area contributed by atoms with Crippen LogP contribution in [0.15, 0.2) is 40.0 Å². The van der Waals surface area contributed by atoms with Gasteiger partial charge in [-0.2, -0.15) is 4.98 Å². The molecule has 2 amide bonds. The van der Waals surface area contributed by atoms with Gasteiger partial charge in [0, 0.05) is 23.3 Å².